The first kappa shape index (κ1) is 18.1. The molecule has 0 bridgehead atoms. The predicted octanol–water partition coefficient (Wildman–Crippen LogP) is 3.47. The summed E-state index contributed by atoms with van der Waals surface area (Å²) >= 11 is 9.21. The fraction of sp³-hybridized carbons (Fsp3) is 0.200. The molecule has 23 heavy (non-hydrogen) atoms. The molecule has 2 aromatic rings. The number of nitrogens with one attached hydrogen (secondary N) is 1. The lowest BCUT2D eigenvalue weighted by molar-refractivity contribution is 0.323. The van der Waals surface area contributed by atoms with Gasteiger partial charge < -0.3 is 9.47 Å². The van der Waals surface area contributed by atoms with E-state index in [2.05, 4.69) is 20.7 Å². The van der Waals surface area contributed by atoms with Crippen LogP contribution < -0.4 is 14.2 Å². The van der Waals surface area contributed by atoms with Crippen molar-refractivity contribution in [3.63, 3.8) is 0 Å². The van der Waals surface area contributed by atoms with Gasteiger partial charge in [-0.25, -0.2) is 13.1 Å². The Hall–Kier alpha value is -1.28. The van der Waals surface area contributed by atoms with Gasteiger partial charge in [-0.15, -0.1) is 0 Å². The Kier molecular flexibility index (Phi) is 6.29. The highest BCUT2D eigenvalue weighted by atomic mass is 79.9. The summed E-state index contributed by atoms with van der Waals surface area (Å²) in [7, 11) is -2.29. The highest BCUT2D eigenvalue weighted by molar-refractivity contribution is 9.10. The van der Waals surface area contributed by atoms with E-state index in [0.29, 0.717) is 15.2 Å². The van der Waals surface area contributed by atoms with Crippen LogP contribution in [0.25, 0.3) is 0 Å². The lowest BCUT2D eigenvalue weighted by Crippen LogP contribution is -2.28. The van der Waals surface area contributed by atoms with Crippen LogP contribution in [-0.2, 0) is 10.0 Å². The number of hydrogen-bond acceptors (Lipinski definition) is 4. The van der Waals surface area contributed by atoms with Gasteiger partial charge in [0.2, 0.25) is 10.0 Å². The average Bonchev–Trinajstić information content (AvgIpc) is 2.53. The van der Waals surface area contributed by atoms with Gasteiger partial charge in [0.05, 0.1) is 12.1 Å². The first-order valence-corrected chi connectivity index (χ1v) is 9.30. The zero-order valence-electron chi connectivity index (χ0n) is 12.3. The number of ether oxygens (including phenoxy) is 2. The fourth-order valence-corrected chi connectivity index (χ4v) is 3.75. The minimum absolute atomic E-state index is 0.0621. The number of methoxy groups -OCH3 is 1. The highest BCUT2D eigenvalue weighted by Crippen LogP contribution is 2.27. The third-order valence-electron chi connectivity index (χ3n) is 2.90. The molecule has 1 N–H and O–H groups in total. The first-order chi connectivity index (χ1) is 10.9. The summed E-state index contributed by atoms with van der Waals surface area (Å²) in [6.07, 6.45) is 0. The zero-order valence-corrected chi connectivity index (χ0v) is 15.4. The lowest BCUT2D eigenvalue weighted by atomic mass is 10.3. The van der Waals surface area contributed by atoms with Crippen LogP contribution in [0.2, 0.25) is 5.02 Å². The van der Waals surface area contributed by atoms with E-state index in [1.165, 1.54) is 13.2 Å². The third-order valence-corrected chi connectivity index (χ3v) is 5.19. The molecule has 0 fully saturated rings. The molecule has 0 aliphatic rings. The SMILES string of the molecule is COc1ccc(Br)cc1S(=O)(=O)NCCOc1ccccc1Cl. The Morgan fingerprint density at radius 1 is 1.17 bits per heavy atom. The van der Waals surface area contributed by atoms with E-state index in [9.17, 15) is 8.42 Å². The minimum Gasteiger partial charge on any atom is -0.495 e. The van der Waals surface area contributed by atoms with E-state index in [1.807, 2.05) is 0 Å². The van der Waals surface area contributed by atoms with E-state index in [4.69, 9.17) is 21.1 Å². The van der Waals surface area contributed by atoms with Crippen LogP contribution in [0.4, 0.5) is 0 Å². The molecule has 0 radical (unpaired) electrons. The summed E-state index contributed by atoms with van der Waals surface area (Å²) in [5.41, 5.74) is 0. The molecule has 0 aliphatic heterocycles. The molecule has 0 atom stereocenters. The maximum atomic E-state index is 12.3. The van der Waals surface area contributed by atoms with E-state index in [-0.39, 0.29) is 23.8 Å². The van der Waals surface area contributed by atoms with Gasteiger partial charge in [-0.05, 0) is 30.3 Å². The summed E-state index contributed by atoms with van der Waals surface area (Å²) in [4.78, 5) is 0.0621. The molecular formula is C15H15BrClNO4S. The summed E-state index contributed by atoms with van der Waals surface area (Å²) in [5, 5.41) is 0.476. The van der Waals surface area contributed by atoms with Crippen molar-refractivity contribution in [1.82, 2.24) is 4.72 Å². The molecule has 5 nitrogen and oxygen atoms in total. The van der Waals surface area contributed by atoms with E-state index in [1.54, 1.807) is 36.4 Å². The number of para-hydroxylation sites is 1. The Bertz CT molecular complexity index is 783. The van der Waals surface area contributed by atoms with Gasteiger partial charge in [0.1, 0.15) is 23.0 Å². The second-order valence-corrected chi connectivity index (χ2v) is 7.53. The maximum absolute atomic E-state index is 12.3. The van der Waals surface area contributed by atoms with Crippen molar-refractivity contribution in [2.24, 2.45) is 0 Å². The van der Waals surface area contributed by atoms with Gasteiger partial charge in [0, 0.05) is 11.0 Å². The summed E-state index contributed by atoms with van der Waals surface area (Å²) in [5.74, 6) is 0.779. The molecule has 0 unspecified atom stereocenters. The van der Waals surface area contributed by atoms with E-state index < -0.39 is 10.0 Å². The van der Waals surface area contributed by atoms with Gasteiger partial charge in [-0.2, -0.15) is 0 Å². The second-order valence-electron chi connectivity index (χ2n) is 4.47. The Morgan fingerprint density at radius 3 is 2.61 bits per heavy atom. The van der Waals surface area contributed by atoms with Crippen LogP contribution in [0.5, 0.6) is 11.5 Å². The molecule has 0 amide bonds. The van der Waals surface area contributed by atoms with Gasteiger partial charge in [0.25, 0.3) is 0 Å². The Balaban J connectivity index is 2.00. The number of hydrogen-bond donors (Lipinski definition) is 1. The van der Waals surface area contributed by atoms with Crippen molar-refractivity contribution in [3.05, 3.63) is 52.0 Å². The normalized spacial score (nSPS) is 11.3. The predicted molar refractivity (Wildman–Crippen MR) is 92.8 cm³/mol. The third kappa shape index (κ3) is 4.84. The fourth-order valence-electron chi connectivity index (χ4n) is 1.84. The largest absolute Gasteiger partial charge is 0.495 e. The van der Waals surface area contributed by atoms with Crippen LogP contribution >= 0.6 is 27.5 Å². The van der Waals surface area contributed by atoms with Crippen molar-refractivity contribution in [1.29, 1.82) is 0 Å². The summed E-state index contributed by atoms with van der Waals surface area (Å²) < 4.78 is 38.4. The quantitative estimate of drug-likeness (QED) is 0.697. The molecule has 0 heterocycles. The molecule has 0 spiro atoms. The zero-order chi connectivity index (χ0) is 16.9. The van der Waals surface area contributed by atoms with E-state index >= 15 is 0 Å². The molecule has 0 saturated carbocycles. The Morgan fingerprint density at radius 2 is 1.91 bits per heavy atom. The Labute approximate surface area is 148 Å². The summed E-state index contributed by atoms with van der Waals surface area (Å²) in [6, 6.07) is 11.8. The molecule has 0 aromatic heterocycles. The van der Waals surface area contributed by atoms with Crippen molar-refractivity contribution in [2.75, 3.05) is 20.3 Å². The molecule has 0 saturated heterocycles. The average molecular weight is 421 g/mol. The smallest absolute Gasteiger partial charge is 0.244 e. The number of rotatable bonds is 7. The maximum Gasteiger partial charge on any atom is 0.244 e. The standard InChI is InChI=1S/C15H15BrClNO4S/c1-21-14-7-6-11(16)10-15(14)23(19,20)18-8-9-22-13-5-3-2-4-12(13)17/h2-7,10,18H,8-9H2,1H3. The van der Waals surface area contributed by atoms with Crippen molar-refractivity contribution < 1.29 is 17.9 Å². The van der Waals surface area contributed by atoms with Gasteiger partial charge >= 0.3 is 0 Å². The minimum atomic E-state index is -3.71. The number of benzene rings is 2. The van der Waals surface area contributed by atoms with Crippen molar-refractivity contribution in [2.45, 2.75) is 4.90 Å². The molecule has 2 rings (SSSR count). The van der Waals surface area contributed by atoms with Crippen molar-refractivity contribution >= 4 is 37.6 Å². The van der Waals surface area contributed by atoms with Gasteiger partial charge in [-0.3, -0.25) is 0 Å². The van der Waals surface area contributed by atoms with Crippen LogP contribution in [0.1, 0.15) is 0 Å². The molecule has 0 aliphatic carbocycles. The first-order valence-electron chi connectivity index (χ1n) is 6.64. The monoisotopic (exact) mass is 419 g/mol. The topological polar surface area (TPSA) is 64.6 Å². The number of halogens is 2. The van der Waals surface area contributed by atoms with Crippen LogP contribution in [0.15, 0.2) is 51.8 Å². The van der Waals surface area contributed by atoms with Crippen LogP contribution in [-0.4, -0.2) is 28.7 Å². The number of sulfonamides is 1. The summed E-state index contributed by atoms with van der Waals surface area (Å²) in [6.45, 7) is 0.252. The van der Waals surface area contributed by atoms with Crippen molar-refractivity contribution in [3.8, 4) is 11.5 Å². The highest BCUT2D eigenvalue weighted by Gasteiger charge is 2.19. The van der Waals surface area contributed by atoms with Crippen LogP contribution in [0, 0.1) is 0 Å². The molecular weight excluding hydrogens is 406 g/mol. The van der Waals surface area contributed by atoms with Gasteiger partial charge in [-0.1, -0.05) is 39.7 Å². The molecule has 124 valence electrons. The van der Waals surface area contributed by atoms with Gasteiger partial charge in [0.15, 0.2) is 0 Å². The lowest BCUT2D eigenvalue weighted by Gasteiger charge is -2.12. The van der Waals surface area contributed by atoms with Crippen LogP contribution in [0.3, 0.4) is 0 Å². The second kappa shape index (κ2) is 8.01. The van der Waals surface area contributed by atoms with E-state index in [0.717, 1.165) is 0 Å². The molecule has 8 heteroatoms. The molecule has 2 aromatic carbocycles.